The lowest BCUT2D eigenvalue weighted by Crippen LogP contribution is -2.30. The van der Waals surface area contributed by atoms with Crippen molar-refractivity contribution in [2.75, 3.05) is 0 Å². The first-order valence-electron chi connectivity index (χ1n) is 6.41. The number of nitrogens with zero attached hydrogens (tertiary/aromatic N) is 1. The molecule has 18 heavy (non-hydrogen) atoms. The maximum absolute atomic E-state index is 11.6. The maximum Gasteiger partial charge on any atom is 0.221 e. The fraction of sp³-hybridized carbons (Fsp3) is 0.400. The zero-order valence-corrected chi connectivity index (χ0v) is 11.2. The lowest BCUT2D eigenvalue weighted by Gasteiger charge is -2.09. The number of nitrogens with one attached hydrogen (secondary N) is 1. The van der Waals surface area contributed by atoms with Crippen molar-refractivity contribution in [1.82, 2.24) is 9.88 Å². The lowest BCUT2D eigenvalue weighted by atomic mass is 10.2. The molecular weight excluding hydrogens is 224 g/mol. The smallest absolute Gasteiger partial charge is 0.221 e. The summed E-state index contributed by atoms with van der Waals surface area (Å²) in [7, 11) is 0. The second kappa shape index (κ2) is 5.25. The van der Waals surface area contributed by atoms with Crippen molar-refractivity contribution in [3.63, 3.8) is 0 Å². The molecule has 2 rings (SSSR count). The van der Waals surface area contributed by atoms with Crippen LogP contribution >= 0.6 is 0 Å². The van der Waals surface area contributed by atoms with Gasteiger partial charge in [0.25, 0.3) is 0 Å². The Hall–Kier alpha value is -1.77. The Morgan fingerprint density at radius 1 is 1.33 bits per heavy atom. The number of aryl methyl sites for hydroxylation is 2. The number of hydrogen-bond donors (Lipinski definition) is 1. The first kappa shape index (κ1) is 12.7. The molecule has 0 fully saturated rings. The average molecular weight is 244 g/mol. The van der Waals surface area contributed by atoms with Crippen molar-refractivity contribution in [2.24, 2.45) is 0 Å². The summed E-state index contributed by atoms with van der Waals surface area (Å²) in [6.07, 6.45) is 2.57. The summed E-state index contributed by atoms with van der Waals surface area (Å²) < 4.78 is 2.14. The minimum absolute atomic E-state index is 0.111. The molecule has 0 saturated heterocycles. The topological polar surface area (TPSA) is 34.0 Å². The molecule has 2 aromatic rings. The van der Waals surface area contributed by atoms with Crippen LogP contribution in [0, 0.1) is 6.92 Å². The number of carbonyl (C=O) groups excluding carboxylic acids is 1. The van der Waals surface area contributed by atoms with Gasteiger partial charge in [0, 0.05) is 30.7 Å². The number of benzene rings is 1. The molecule has 0 aliphatic heterocycles. The van der Waals surface area contributed by atoms with Gasteiger partial charge in [0.15, 0.2) is 0 Å². The monoisotopic (exact) mass is 244 g/mol. The van der Waals surface area contributed by atoms with Gasteiger partial charge in [0.2, 0.25) is 5.91 Å². The first-order chi connectivity index (χ1) is 8.56. The van der Waals surface area contributed by atoms with Crippen molar-refractivity contribution in [3.05, 3.63) is 36.0 Å². The van der Waals surface area contributed by atoms with Crippen LogP contribution in [0.2, 0.25) is 0 Å². The quantitative estimate of drug-likeness (QED) is 0.881. The van der Waals surface area contributed by atoms with Crippen LogP contribution in [0.3, 0.4) is 0 Å². The molecule has 1 N–H and O–H groups in total. The number of carbonyl (C=O) groups is 1. The number of fused-ring (bicyclic) bond motifs is 1. The van der Waals surface area contributed by atoms with Crippen LogP contribution in [0.15, 0.2) is 30.5 Å². The highest BCUT2D eigenvalue weighted by Gasteiger charge is 2.05. The Kier molecular flexibility index (Phi) is 3.70. The average Bonchev–Trinajstić information content (AvgIpc) is 2.68. The zero-order valence-electron chi connectivity index (χ0n) is 11.2. The van der Waals surface area contributed by atoms with Crippen LogP contribution < -0.4 is 5.32 Å². The van der Waals surface area contributed by atoms with E-state index in [4.69, 9.17) is 0 Å². The van der Waals surface area contributed by atoms with E-state index in [9.17, 15) is 4.79 Å². The minimum Gasteiger partial charge on any atom is -0.354 e. The number of rotatable bonds is 4. The molecule has 1 amide bonds. The Bertz CT molecular complexity index is 555. The standard InChI is InChI=1S/C15H20N2O/c1-11(2)16-15(18)7-9-17-8-6-13-5-4-12(3)10-14(13)17/h4-6,8,10-11H,7,9H2,1-3H3,(H,16,18). The van der Waals surface area contributed by atoms with Crippen molar-refractivity contribution in [1.29, 1.82) is 0 Å². The molecule has 0 atom stereocenters. The van der Waals surface area contributed by atoms with Crippen molar-refractivity contribution < 1.29 is 4.79 Å². The van der Waals surface area contributed by atoms with Crippen LogP contribution in [-0.4, -0.2) is 16.5 Å². The fourth-order valence-corrected chi connectivity index (χ4v) is 2.11. The third kappa shape index (κ3) is 2.92. The molecule has 0 bridgehead atoms. The van der Waals surface area contributed by atoms with Gasteiger partial charge in [0.05, 0.1) is 0 Å². The molecular formula is C15H20N2O. The van der Waals surface area contributed by atoms with Gasteiger partial charge in [-0.25, -0.2) is 0 Å². The summed E-state index contributed by atoms with van der Waals surface area (Å²) in [6, 6.07) is 8.69. The predicted octanol–water partition coefficient (Wildman–Crippen LogP) is 2.86. The normalized spacial score (nSPS) is 11.1. The Morgan fingerprint density at radius 3 is 2.83 bits per heavy atom. The molecule has 3 heteroatoms. The van der Waals surface area contributed by atoms with Gasteiger partial charge in [-0.05, 0) is 43.9 Å². The molecule has 0 aliphatic rings. The van der Waals surface area contributed by atoms with Crippen LogP contribution in [0.25, 0.3) is 10.9 Å². The van der Waals surface area contributed by atoms with E-state index in [1.54, 1.807) is 0 Å². The minimum atomic E-state index is 0.111. The van der Waals surface area contributed by atoms with Crippen LogP contribution in [0.5, 0.6) is 0 Å². The highest BCUT2D eigenvalue weighted by atomic mass is 16.1. The van der Waals surface area contributed by atoms with E-state index in [2.05, 4.69) is 41.1 Å². The summed E-state index contributed by atoms with van der Waals surface area (Å²) in [5, 5.41) is 4.14. The van der Waals surface area contributed by atoms with E-state index < -0.39 is 0 Å². The van der Waals surface area contributed by atoms with Gasteiger partial charge >= 0.3 is 0 Å². The molecule has 3 nitrogen and oxygen atoms in total. The van der Waals surface area contributed by atoms with Crippen LogP contribution in [0.4, 0.5) is 0 Å². The molecule has 0 aliphatic carbocycles. The zero-order chi connectivity index (χ0) is 13.1. The van der Waals surface area contributed by atoms with Crippen LogP contribution in [0.1, 0.15) is 25.8 Å². The van der Waals surface area contributed by atoms with E-state index >= 15 is 0 Å². The van der Waals surface area contributed by atoms with Crippen molar-refractivity contribution >= 4 is 16.8 Å². The third-order valence-corrected chi connectivity index (χ3v) is 2.96. The second-order valence-corrected chi connectivity index (χ2v) is 5.04. The molecule has 96 valence electrons. The fourth-order valence-electron chi connectivity index (χ4n) is 2.11. The maximum atomic E-state index is 11.6. The van der Waals surface area contributed by atoms with E-state index in [1.165, 1.54) is 16.5 Å². The highest BCUT2D eigenvalue weighted by Crippen LogP contribution is 2.17. The van der Waals surface area contributed by atoms with Gasteiger partial charge in [0.1, 0.15) is 0 Å². The van der Waals surface area contributed by atoms with Crippen molar-refractivity contribution in [2.45, 2.75) is 39.8 Å². The van der Waals surface area contributed by atoms with E-state index in [0.29, 0.717) is 6.42 Å². The first-order valence-corrected chi connectivity index (χ1v) is 6.41. The number of amides is 1. The van der Waals surface area contributed by atoms with Crippen molar-refractivity contribution in [3.8, 4) is 0 Å². The molecule has 1 heterocycles. The largest absolute Gasteiger partial charge is 0.354 e. The molecule has 0 spiro atoms. The SMILES string of the molecule is Cc1ccc2ccn(CCC(=O)NC(C)C)c2c1. The van der Waals surface area contributed by atoms with E-state index in [1.807, 2.05) is 20.0 Å². The van der Waals surface area contributed by atoms with Crippen LogP contribution in [-0.2, 0) is 11.3 Å². The summed E-state index contributed by atoms with van der Waals surface area (Å²) in [5.41, 5.74) is 2.45. The third-order valence-electron chi connectivity index (χ3n) is 2.96. The predicted molar refractivity (Wildman–Crippen MR) is 74.6 cm³/mol. The Morgan fingerprint density at radius 2 is 2.11 bits per heavy atom. The summed E-state index contributed by atoms with van der Waals surface area (Å²) in [5.74, 6) is 0.111. The summed E-state index contributed by atoms with van der Waals surface area (Å²) >= 11 is 0. The second-order valence-electron chi connectivity index (χ2n) is 5.04. The Labute approximate surface area is 108 Å². The molecule has 1 aromatic carbocycles. The molecule has 0 unspecified atom stereocenters. The molecule has 0 radical (unpaired) electrons. The van der Waals surface area contributed by atoms with Gasteiger partial charge < -0.3 is 9.88 Å². The number of aromatic nitrogens is 1. The van der Waals surface area contributed by atoms with Gasteiger partial charge in [-0.3, -0.25) is 4.79 Å². The van der Waals surface area contributed by atoms with E-state index in [0.717, 1.165) is 6.54 Å². The van der Waals surface area contributed by atoms with Gasteiger partial charge in [-0.15, -0.1) is 0 Å². The molecule has 0 saturated carbocycles. The summed E-state index contributed by atoms with van der Waals surface area (Å²) in [6.45, 7) is 6.77. The molecule has 1 aromatic heterocycles. The van der Waals surface area contributed by atoms with E-state index in [-0.39, 0.29) is 11.9 Å². The number of hydrogen-bond acceptors (Lipinski definition) is 1. The van der Waals surface area contributed by atoms with Gasteiger partial charge in [-0.2, -0.15) is 0 Å². The van der Waals surface area contributed by atoms with Gasteiger partial charge in [-0.1, -0.05) is 12.1 Å². The highest BCUT2D eigenvalue weighted by molar-refractivity contribution is 5.81. The lowest BCUT2D eigenvalue weighted by molar-refractivity contribution is -0.121. The Balaban J connectivity index is 2.08. The summed E-state index contributed by atoms with van der Waals surface area (Å²) in [4.78, 5) is 11.6.